The van der Waals surface area contributed by atoms with Gasteiger partial charge in [0.2, 0.25) is 5.91 Å². The largest absolute Gasteiger partial charge is 0.342 e. The summed E-state index contributed by atoms with van der Waals surface area (Å²) in [6.45, 7) is 11.4. The summed E-state index contributed by atoms with van der Waals surface area (Å²) in [6, 6.07) is 2.45. The topological polar surface area (TPSA) is 73.7 Å². The lowest BCUT2D eigenvalue weighted by atomic mass is 9.93. The number of nitrogens with zero attached hydrogens (tertiary/aromatic N) is 4. The fourth-order valence-electron chi connectivity index (χ4n) is 4.45. The van der Waals surface area contributed by atoms with Crippen LogP contribution in [-0.4, -0.2) is 56.0 Å². The van der Waals surface area contributed by atoms with Gasteiger partial charge in [-0.15, -0.1) is 0 Å². The molecule has 7 heteroatoms. The highest BCUT2D eigenvalue weighted by Gasteiger charge is 2.28. The van der Waals surface area contributed by atoms with Crippen molar-refractivity contribution in [2.75, 3.05) is 19.6 Å². The van der Waals surface area contributed by atoms with Crippen molar-refractivity contribution >= 4 is 11.6 Å². The maximum atomic E-state index is 13.1. The average molecular weight is 386 g/mol. The SMILES string of the molecule is CC(C)C(=O)N1CCC(c2cc3nc4c(c(=O)n3[nH]2)CN(C(C)C)CC4)CC1. The van der Waals surface area contributed by atoms with Crippen LogP contribution < -0.4 is 5.56 Å². The summed E-state index contributed by atoms with van der Waals surface area (Å²) in [5, 5.41) is 3.31. The zero-order valence-electron chi connectivity index (χ0n) is 17.4. The van der Waals surface area contributed by atoms with Crippen molar-refractivity contribution in [1.29, 1.82) is 0 Å². The molecular formula is C21H31N5O2. The van der Waals surface area contributed by atoms with Crippen LogP contribution in [0.15, 0.2) is 10.9 Å². The first-order valence-corrected chi connectivity index (χ1v) is 10.5. The molecule has 152 valence electrons. The number of hydrogen-bond acceptors (Lipinski definition) is 4. The maximum absolute atomic E-state index is 13.1. The van der Waals surface area contributed by atoms with Gasteiger partial charge < -0.3 is 4.90 Å². The molecule has 0 spiro atoms. The highest BCUT2D eigenvalue weighted by atomic mass is 16.2. The number of rotatable bonds is 3. The third-order valence-electron chi connectivity index (χ3n) is 6.28. The van der Waals surface area contributed by atoms with Crippen LogP contribution in [0.5, 0.6) is 0 Å². The monoisotopic (exact) mass is 385 g/mol. The molecule has 4 rings (SSSR count). The van der Waals surface area contributed by atoms with Crippen LogP contribution in [0.2, 0.25) is 0 Å². The van der Waals surface area contributed by atoms with E-state index in [1.165, 1.54) is 0 Å². The summed E-state index contributed by atoms with van der Waals surface area (Å²) < 4.78 is 1.61. The minimum absolute atomic E-state index is 0.0315. The number of piperidine rings is 1. The predicted octanol–water partition coefficient (Wildman–Crippen LogP) is 2.15. The van der Waals surface area contributed by atoms with E-state index >= 15 is 0 Å². The minimum Gasteiger partial charge on any atom is -0.342 e. The van der Waals surface area contributed by atoms with Crippen molar-refractivity contribution in [2.45, 2.75) is 65.5 Å². The van der Waals surface area contributed by atoms with Gasteiger partial charge in [-0.25, -0.2) is 9.50 Å². The average Bonchev–Trinajstić information content (AvgIpc) is 3.11. The lowest BCUT2D eigenvalue weighted by Crippen LogP contribution is -2.40. The van der Waals surface area contributed by atoms with E-state index < -0.39 is 0 Å². The van der Waals surface area contributed by atoms with Gasteiger partial charge in [0.25, 0.3) is 5.56 Å². The fraction of sp³-hybridized carbons (Fsp3) is 0.667. The van der Waals surface area contributed by atoms with E-state index in [-0.39, 0.29) is 17.4 Å². The van der Waals surface area contributed by atoms with Crippen LogP contribution >= 0.6 is 0 Å². The molecule has 7 nitrogen and oxygen atoms in total. The molecule has 2 aliphatic heterocycles. The smallest absolute Gasteiger partial charge is 0.277 e. The minimum atomic E-state index is 0.0315. The number of amides is 1. The molecule has 4 heterocycles. The molecule has 0 atom stereocenters. The Morgan fingerprint density at radius 2 is 1.89 bits per heavy atom. The summed E-state index contributed by atoms with van der Waals surface area (Å²) in [5.41, 5.74) is 3.58. The molecule has 1 fully saturated rings. The Labute approximate surface area is 165 Å². The van der Waals surface area contributed by atoms with Crippen molar-refractivity contribution in [2.24, 2.45) is 5.92 Å². The van der Waals surface area contributed by atoms with E-state index in [9.17, 15) is 9.59 Å². The van der Waals surface area contributed by atoms with Gasteiger partial charge in [-0.05, 0) is 26.7 Å². The Morgan fingerprint density at radius 1 is 1.18 bits per heavy atom. The summed E-state index contributed by atoms with van der Waals surface area (Å²) >= 11 is 0. The van der Waals surface area contributed by atoms with Crippen LogP contribution in [0.1, 0.15) is 63.4 Å². The number of H-pyrrole nitrogens is 1. The Morgan fingerprint density at radius 3 is 2.54 bits per heavy atom. The zero-order chi connectivity index (χ0) is 20.0. The van der Waals surface area contributed by atoms with E-state index in [4.69, 9.17) is 4.98 Å². The molecule has 2 aromatic rings. The first kappa shape index (κ1) is 19.2. The summed E-state index contributed by atoms with van der Waals surface area (Å²) in [7, 11) is 0. The molecule has 1 amide bonds. The lowest BCUT2D eigenvalue weighted by Gasteiger charge is -2.32. The number of carbonyl (C=O) groups excluding carboxylic acids is 1. The van der Waals surface area contributed by atoms with Crippen molar-refractivity contribution in [1.82, 2.24) is 24.4 Å². The van der Waals surface area contributed by atoms with E-state index in [1.807, 2.05) is 24.8 Å². The van der Waals surface area contributed by atoms with Gasteiger partial charge in [-0.3, -0.25) is 19.6 Å². The second-order valence-electron chi connectivity index (χ2n) is 8.82. The molecule has 0 aliphatic carbocycles. The molecule has 0 unspecified atom stereocenters. The quantitative estimate of drug-likeness (QED) is 0.879. The summed E-state index contributed by atoms with van der Waals surface area (Å²) in [6.07, 6.45) is 2.66. The fourth-order valence-corrected chi connectivity index (χ4v) is 4.45. The van der Waals surface area contributed by atoms with Crippen molar-refractivity contribution in [3.63, 3.8) is 0 Å². The number of hydrogen-bond donors (Lipinski definition) is 1. The molecule has 0 aromatic carbocycles. The first-order chi connectivity index (χ1) is 13.3. The number of nitrogens with one attached hydrogen (secondary N) is 1. The third kappa shape index (κ3) is 3.36. The van der Waals surface area contributed by atoms with Gasteiger partial charge in [0, 0.05) is 62.2 Å². The Kier molecular flexibility index (Phi) is 5.04. The van der Waals surface area contributed by atoms with Crippen LogP contribution in [0, 0.1) is 5.92 Å². The first-order valence-electron chi connectivity index (χ1n) is 10.5. The van der Waals surface area contributed by atoms with Crippen LogP contribution in [0.3, 0.4) is 0 Å². The van der Waals surface area contributed by atoms with E-state index in [0.717, 1.165) is 61.5 Å². The molecule has 2 aromatic heterocycles. The number of carbonyl (C=O) groups is 1. The normalized spacial score (nSPS) is 19.0. The molecule has 28 heavy (non-hydrogen) atoms. The molecule has 1 N–H and O–H groups in total. The van der Waals surface area contributed by atoms with Crippen LogP contribution in [0.25, 0.3) is 5.65 Å². The Bertz CT molecular complexity index is 934. The highest BCUT2D eigenvalue weighted by Crippen LogP contribution is 2.28. The Balaban J connectivity index is 1.57. The Hall–Kier alpha value is -2.15. The van der Waals surface area contributed by atoms with Crippen molar-refractivity contribution < 1.29 is 4.79 Å². The van der Waals surface area contributed by atoms with Crippen LogP contribution in [0.4, 0.5) is 0 Å². The molecule has 2 aliphatic rings. The summed E-state index contributed by atoms with van der Waals surface area (Å²) in [5.74, 6) is 0.612. The lowest BCUT2D eigenvalue weighted by molar-refractivity contribution is -0.135. The highest BCUT2D eigenvalue weighted by molar-refractivity contribution is 5.78. The van der Waals surface area contributed by atoms with Gasteiger partial charge in [-0.2, -0.15) is 0 Å². The second kappa shape index (κ2) is 7.35. The van der Waals surface area contributed by atoms with Gasteiger partial charge in [0.1, 0.15) is 0 Å². The van der Waals surface area contributed by atoms with Gasteiger partial charge >= 0.3 is 0 Å². The second-order valence-corrected chi connectivity index (χ2v) is 8.82. The summed E-state index contributed by atoms with van der Waals surface area (Å²) in [4.78, 5) is 34.4. The van der Waals surface area contributed by atoms with Crippen molar-refractivity contribution in [3.8, 4) is 0 Å². The number of fused-ring (bicyclic) bond motifs is 2. The van der Waals surface area contributed by atoms with Gasteiger partial charge in [-0.1, -0.05) is 13.8 Å². The standard InChI is InChI=1S/C21H31N5O2/c1-13(2)20(27)24-8-5-15(6-9-24)18-11-19-22-17-7-10-25(14(3)4)12-16(17)21(28)26(19)23-18/h11,13-15,23H,5-10,12H2,1-4H3. The van der Waals surface area contributed by atoms with E-state index in [1.54, 1.807) is 4.52 Å². The van der Waals surface area contributed by atoms with Crippen LogP contribution in [-0.2, 0) is 17.8 Å². The van der Waals surface area contributed by atoms with E-state index in [0.29, 0.717) is 18.5 Å². The molecular weight excluding hydrogens is 354 g/mol. The zero-order valence-corrected chi connectivity index (χ0v) is 17.4. The number of aromatic nitrogens is 3. The third-order valence-corrected chi connectivity index (χ3v) is 6.28. The molecule has 0 radical (unpaired) electrons. The van der Waals surface area contributed by atoms with Crippen molar-refractivity contribution in [3.05, 3.63) is 33.4 Å². The maximum Gasteiger partial charge on any atom is 0.277 e. The number of aromatic amines is 1. The molecule has 0 bridgehead atoms. The predicted molar refractivity (Wildman–Crippen MR) is 108 cm³/mol. The number of likely N-dealkylation sites (tertiary alicyclic amines) is 1. The van der Waals surface area contributed by atoms with Gasteiger partial charge in [0.05, 0.1) is 11.3 Å². The van der Waals surface area contributed by atoms with E-state index in [2.05, 4.69) is 23.8 Å². The molecule has 1 saturated heterocycles. The van der Waals surface area contributed by atoms with Gasteiger partial charge in [0.15, 0.2) is 5.65 Å². The molecule has 0 saturated carbocycles.